The van der Waals surface area contributed by atoms with Gasteiger partial charge in [0.25, 0.3) is 0 Å². The van der Waals surface area contributed by atoms with Crippen molar-refractivity contribution in [1.82, 2.24) is 0 Å². The van der Waals surface area contributed by atoms with Gasteiger partial charge in [0.1, 0.15) is 5.75 Å². The Morgan fingerprint density at radius 2 is 1.84 bits per heavy atom. The average Bonchev–Trinajstić information content (AvgIpc) is 2.47. The van der Waals surface area contributed by atoms with E-state index in [-0.39, 0.29) is 5.97 Å². The zero-order valence-corrected chi connectivity index (χ0v) is 11.6. The van der Waals surface area contributed by atoms with Crippen molar-refractivity contribution in [3.05, 3.63) is 29.8 Å². The summed E-state index contributed by atoms with van der Waals surface area (Å²) in [5.41, 5.74) is 0.955. The molecule has 1 saturated carbocycles. The van der Waals surface area contributed by atoms with Gasteiger partial charge in [-0.3, -0.25) is 4.79 Å². The molecule has 1 aromatic rings. The molecule has 1 aromatic carbocycles. The molecule has 0 unspecified atom stereocenters. The summed E-state index contributed by atoms with van der Waals surface area (Å²) in [5, 5.41) is 0. The molecule has 2 rings (SSSR count). The molecule has 0 saturated heterocycles. The molecule has 0 amide bonds. The van der Waals surface area contributed by atoms with E-state index >= 15 is 0 Å². The molecule has 0 N–H and O–H groups in total. The summed E-state index contributed by atoms with van der Waals surface area (Å²) < 4.78 is 10.5. The number of hydrogen-bond donors (Lipinski definition) is 0. The summed E-state index contributed by atoms with van der Waals surface area (Å²) in [5.74, 6) is 1.39. The smallest absolute Gasteiger partial charge is 0.309 e. The third kappa shape index (κ3) is 4.58. The van der Waals surface area contributed by atoms with Gasteiger partial charge in [-0.15, -0.1) is 0 Å². The van der Waals surface area contributed by atoms with Crippen LogP contribution in [0.15, 0.2) is 24.3 Å². The normalized spacial score (nSPS) is 16.1. The number of methoxy groups -OCH3 is 1. The van der Waals surface area contributed by atoms with Crippen molar-refractivity contribution in [2.75, 3.05) is 13.7 Å². The van der Waals surface area contributed by atoms with Gasteiger partial charge in [0.05, 0.1) is 20.1 Å². The summed E-state index contributed by atoms with van der Waals surface area (Å²) >= 11 is 0. The third-order valence-corrected chi connectivity index (χ3v) is 3.71. The van der Waals surface area contributed by atoms with Crippen LogP contribution in [0.25, 0.3) is 0 Å². The molecule has 3 heteroatoms. The highest BCUT2D eigenvalue weighted by molar-refractivity contribution is 5.72. The van der Waals surface area contributed by atoms with Crippen LogP contribution in [0.5, 0.6) is 5.75 Å². The fourth-order valence-corrected chi connectivity index (χ4v) is 2.51. The first-order valence-electron chi connectivity index (χ1n) is 7.06. The predicted molar refractivity (Wildman–Crippen MR) is 74.2 cm³/mol. The number of ether oxygens (including phenoxy) is 2. The number of carbonyl (C=O) groups excluding carboxylic acids is 1. The van der Waals surface area contributed by atoms with Gasteiger partial charge in [0.15, 0.2) is 0 Å². The molecule has 0 atom stereocenters. The highest BCUT2D eigenvalue weighted by Crippen LogP contribution is 2.24. The van der Waals surface area contributed by atoms with Crippen molar-refractivity contribution in [2.24, 2.45) is 5.92 Å². The van der Waals surface area contributed by atoms with E-state index in [0.717, 1.165) is 17.9 Å². The molecular weight excluding hydrogens is 240 g/mol. The Morgan fingerprint density at radius 3 is 2.47 bits per heavy atom. The van der Waals surface area contributed by atoms with Crippen LogP contribution in [0, 0.1) is 5.92 Å². The first-order chi connectivity index (χ1) is 9.28. The Morgan fingerprint density at radius 1 is 1.16 bits per heavy atom. The molecular formula is C16H22O3. The second-order valence-corrected chi connectivity index (χ2v) is 5.21. The first kappa shape index (κ1) is 13.9. The number of rotatable bonds is 5. The van der Waals surface area contributed by atoms with Gasteiger partial charge in [-0.25, -0.2) is 0 Å². The van der Waals surface area contributed by atoms with Crippen molar-refractivity contribution < 1.29 is 14.3 Å². The Kier molecular flexibility index (Phi) is 5.25. The fourth-order valence-electron chi connectivity index (χ4n) is 2.51. The molecule has 0 aromatic heterocycles. The zero-order valence-electron chi connectivity index (χ0n) is 11.6. The minimum atomic E-state index is -0.212. The van der Waals surface area contributed by atoms with E-state index in [0.29, 0.717) is 12.3 Å². The van der Waals surface area contributed by atoms with Crippen molar-refractivity contribution >= 4 is 5.97 Å². The maximum atomic E-state index is 11.1. The lowest BCUT2D eigenvalue weighted by molar-refractivity contribution is -0.139. The van der Waals surface area contributed by atoms with E-state index in [1.165, 1.54) is 39.2 Å². The number of esters is 1. The van der Waals surface area contributed by atoms with Crippen molar-refractivity contribution in [1.29, 1.82) is 0 Å². The highest BCUT2D eigenvalue weighted by atomic mass is 16.5. The van der Waals surface area contributed by atoms with Gasteiger partial charge in [0.2, 0.25) is 0 Å². The molecule has 1 fully saturated rings. The van der Waals surface area contributed by atoms with E-state index < -0.39 is 0 Å². The van der Waals surface area contributed by atoms with Gasteiger partial charge >= 0.3 is 5.97 Å². The lowest BCUT2D eigenvalue weighted by atomic mass is 9.90. The second-order valence-electron chi connectivity index (χ2n) is 5.21. The molecule has 0 spiro atoms. The SMILES string of the molecule is COC(=O)Cc1ccc(OCC2CCCCC2)cc1. The largest absolute Gasteiger partial charge is 0.493 e. The van der Waals surface area contributed by atoms with Gasteiger partial charge in [-0.2, -0.15) is 0 Å². The van der Waals surface area contributed by atoms with Crippen LogP contribution in [0.2, 0.25) is 0 Å². The van der Waals surface area contributed by atoms with E-state index in [2.05, 4.69) is 4.74 Å². The third-order valence-electron chi connectivity index (χ3n) is 3.71. The molecule has 0 aliphatic heterocycles. The highest BCUT2D eigenvalue weighted by Gasteiger charge is 2.13. The fraction of sp³-hybridized carbons (Fsp3) is 0.562. The number of hydrogen-bond acceptors (Lipinski definition) is 3. The molecule has 1 aliphatic carbocycles. The van der Waals surface area contributed by atoms with Crippen LogP contribution >= 0.6 is 0 Å². The quantitative estimate of drug-likeness (QED) is 0.763. The molecule has 0 bridgehead atoms. The minimum absolute atomic E-state index is 0.212. The zero-order chi connectivity index (χ0) is 13.5. The van der Waals surface area contributed by atoms with Gasteiger partial charge in [0, 0.05) is 0 Å². The summed E-state index contributed by atoms with van der Waals surface area (Å²) in [6, 6.07) is 7.71. The van der Waals surface area contributed by atoms with E-state index in [1.807, 2.05) is 24.3 Å². The molecule has 3 nitrogen and oxygen atoms in total. The summed E-state index contributed by atoms with van der Waals surface area (Å²) in [4.78, 5) is 11.1. The maximum absolute atomic E-state index is 11.1. The van der Waals surface area contributed by atoms with Crippen LogP contribution in [0.1, 0.15) is 37.7 Å². The minimum Gasteiger partial charge on any atom is -0.493 e. The van der Waals surface area contributed by atoms with Crippen LogP contribution in [-0.4, -0.2) is 19.7 Å². The van der Waals surface area contributed by atoms with Crippen LogP contribution in [0.4, 0.5) is 0 Å². The average molecular weight is 262 g/mol. The lowest BCUT2D eigenvalue weighted by Gasteiger charge is -2.21. The molecule has 0 radical (unpaired) electrons. The van der Waals surface area contributed by atoms with Crippen molar-refractivity contribution in [3.8, 4) is 5.75 Å². The molecule has 19 heavy (non-hydrogen) atoms. The Balaban J connectivity index is 1.79. The van der Waals surface area contributed by atoms with Crippen LogP contribution in [0.3, 0.4) is 0 Å². The first-order valence-corrected chi connectivity index (χ1v) is 7.06. The molecule has 104 valence electrons. The van der Waals surface area contributed by atoms with Gasteiger partial charge < -0.3 is 9.47 Å². The molecule has 1 aliphatic rings. The van der Waals surface area contributed by atoms with Gasteiger partial charge in [-0.1, -0.05) is 31.4 Å². The predicted octanol–water partition coefficient (Wildman–Crippen LogP) is 3.36. The Labute approximate surface area is 114 Å². The summed E-state index contributed by atoms with van der Waals surface area (Å²) in [7, 11) is 1.41. The lowest BCUT2D eigenvalue weighted by Crippen LogP contribution is -2.15. The number of benzene rings is 1. The van der Waals surface area contributed by atoms with E-state index in [1.54, 1.807) is 0 Å². The van der Waals surface area contributed by atoms with Crippen molar-refractivity contribution in [3.63, 3.8) is 0 Å². The van der Waals surface area contributed by atoms with E-state index in [4.69, 9.17) is 4.74 Å². The van der Waals surface area contributed by atoms with Gasteiger partial charge in [-0.05, 0) is 36.5 Å². The van der Waals surface area contributed by atoms with E-state index in [9.17, 15) is 4.79 Å². The Bertz CT molecular complexity index is 391. The van der Waals surface area contributed by atoms with Crippen LogP contribution < -0.4 is 4.74 Å². The van der Waals surface area contributed by atoms with Crippen molar-refractivity contribution in [2.45, 2.75) is 38.5 Å². The topological polar surface area (TPSA) is 35.5 Å². The number of carbonyl (C=O) groups is 1. The molecule has 0 heterocycles. The summed E-state index contributed by atoms with van der Waals surface area (Å²) in [6.45, 7) is 0.816. The monoisotopic (exact) mass is 262 g/mol. The standard InChI is InChI=1S/C16H22O3/c1-18-16(17)11-13-7-9-15(10-8-13)19-12-14-5-3-2-4-6-14/h7-10,14H,2-6,11-12H2,1H3. The maximum Gasteiger partial charge on any atom is 0.309 e. The van der Waals surface area contributed by atoms with Crippen LogP contribution in [-0.2, 0) is 16.0 Å². The second kappa shape index (κ2) is 7.17. The Hall–Kier alpha value is -1.51. The summed E-state index contributed by atoms with van der Waals surface area (Å²) in [6.07, 6.45) is 6.96.